The number of hydrogen-bond donors (Lipinski definition) is 2. The van der Waals surface area contributed by atoms with Crippen LogP contribution in [0.15, 0.2) is 121 Å². The monoisotopic (exact) mass is 1290 g/mol. The summed E-state index contributed by atoms with van der Waals surface area (Å²) in [4.78, 5) is 53.8. The van der Waals surface area contributed by atoms with Crippen molar-refractivity contribution in [1.29, 1.82) is 0 Å². The zero-order valence-electron chi connectivity index (χ0n) is 54.8. The first-order valence-electron chi connectivity index (χ1n) is 31.2. The topological polar surface area (TPSA) is 256 Å². The van der Waals surface area contributed by atoms with Crippen molar-refractivity contribution in [3.8, 4) is 23.0 Å². The Labute approximate surface area is 543 Å². The van der Waals surface area contributed by atoms with Crippen LogP contribution in [-0.4, -0.2) is 167 Å². The lowest BCUT2D eigenvalue weighted by atomic mass is 9.98. The highest BCUT2D eigenvalue weighted by atomic mass is 16.8. The SMILES string of the molecule is COCOc1cc(OCC(O)CO)cc2c1C(=O)O[C@@H](C)[C@H](C)/C=C\C(OC(=O)c1ccccc1)[C@H]1OC(C)(C)O[C@H]1C/C=C/2.COCOc1cc(OCC2COC(C)(C)O2)cc2c1C(=O)O[C@@H](C)[C@H](C)/C=C\C(OC(=O)c1ccccc1)[C@H]1OC(C)(C)O[C@H]1C/C=C/2. The highest BCUT2D eigenvalue weighted by molar-refractivity contribution is 5.98. The molecule has 5 aliphatic rings. The molecular formula is C71H88O22. The van der Waals surface area contributed by atoms with Crippen LogP contribution in [0, 0.1) is 11.8 Å². The molecule has 0 aliphatic carbocycles. The van der Waals surface area contributed by atoms with Crippen LogP contribution in [0.4, 0.5) is 0 Å². The third kappa shape index (κ3) is 20.0. The molecule has 0 aromatic heterocycles. The van der Waals surface area contributed by atoms with E-state index in [2.05, 4.69) is 0 Å². The number of cyclic esters (lactones) is 2. The van der Waals surface area contributed by atoms with Crippen molar-refractivity contribution < 1.29 is 105 Å². The number of fused-ring (bicyclic) bond motifs is 4. The van der Waals surface area contributed by atoms with Crippen molar-refractivity contribution in [3.63, 3.8) is 0 Å². The Morgan fingerprint density at radius 1 is 0.570 bits per heavy atom. The number of esters is 4. The molecule has 0 spiro atoms. The molecule has 5 aliphatic heterocycles. The molecule has 0 amide bonds. The van der Waals surface area contributed by atoms with Crippen LogP contribution in [0.3, 0.4) is 0 Å². The first kappa shape index (κ1) is 71.4. The quantitative estimate of drug-likeness (QED) is 0.0431. The van der Waals surface area contributed by atoms with Gasteiger partial charge in [-0.25, -0.2) is 19.2 Å². The van der Waals surface area contributed by atoms with Gasteiger partial charge in [-0.15, -0.1) is 0 Å². The number of aliphatic hydroxyl groups is 2. The molecule has 93 heavy (non-hydrogen) atoms. The maximum absolute atomic E-state index is 13.8. The minimum absolute atomic E-state index is 0.0948. The van der Waals surface area contributed by atoms with Gasteiger partial charge in [0.05, 0.1) is 36.5 Å². The second kappa shape index (κ2) is 32.6. The minimum atomic E-state index is -1.10. The van der Waals surface area contributed by atoms with E-state index in [1.165, 1.54) is 20.3 Å². The molecule has 0 bridgehead atoms. The normalized spacial score (nSPS) is 28.1. The Morgan fingerprint density at radius 3 is 1.42 bits per heavy atom. The molecule has 22 heteroatoms. The molecular weight excluding hydrogens is 1200 g/mol. The Kier molecular flexibility index (Phi) is 25.0. The van der Waals surface area contributed by atoms with E-state index >= 15 is 0 Å². The molecule has 3 fully saturated rings. The number of aliphatic hydroxyl groups excluding tert-OH is 2. The fraction of sp³-hybridized carbons (Fsp3) is 0.493. The lowest BCUT2D eigenvalue weighted by Crippen LogP contribution is -2.37. The number of ether oxygens (including phenoxy) is 16. The van der Waals surface area contributed by atoms with Crippen molar-refractivity contribution >= 4 is 36.0 Å². The Balaban J connectivity index is 0.000000240. The number of hydrogen-bond acceptors (Lipinski definition) is 22. The molecule has 9 rings (SSSR count). The predicted octanol–water partition coefficient (Wildman–Crippen LogP) is 10.4. The van der Waals surface area contributed by atoms with E-state index in [0.29, 0.717) is 53.2 Å². The second-order valence-corrected chi connectivity index (χ2v) is 24.5. The van der Waals surface area contributed by atoms with Gasteiger partial charge in [0, 0.05) is 38.2 Å². The van der Waals surface area contributed by atoms with Crippen molar-refractivity contribution in [1.82, 2.24) is 0 Å². The van der Waals surface area contributed by atoms with Gasteiger partial charge in [0.25, 0.3) is 0 Å². The van der Waals surface area contributed by atoms with E-state index in [0.717, 1.165) is 0 Å². The summed E-state index contributed by atoms with van der Waals surface area (Å²) in [7, 11) is 2.95. The molecule has 0 radical (unpaired) electrons. The number of carbonyl (C=O) groups excluding carboxylic acids is 4. The van der Waals surface area contributed by atoms with E-state index < -0.39 is 103 Å². The van der Waals surface area contributed by atoms with Crippen molar-refractivity contribution in [2.45, 2.75) is 160 Å². The standard InChI is InChI=1S/C37H46O11.C34H42O11/c1-23-16-17-29(45-34(38)25-12-9-8-10-13-25)33-30(47-37(5,6)48-33)15-11-14-26-18-27(41-20-28-21-43-36(3,4)46-28)19-31(42-22-40-7)32(26)35(39)44-24(23)2;1-21-14-15-27(43-32(37)23-10-7-6-8-11-23)31-28(44-34(3,4)45-31)13-9-12-24-16-26(40-19-25(36)18-35)17-29(41-20-39-5)30(24)33(38)42-22(21)2/h8-14,16-19,23-24,28-30,33H,15,20-22H2,1-7H3;6-12,14-17,21-22,25,27-28,31,35-36H,13,18-20H2,1-5H3/b14-11+,17-16-;12-9+,15-14-/t23-,24+,28?,29?,30+,33-;21-,22+,25?,27?,28+,31-/m11/s1. The van der Waals surface area contributed by atoms with E-state index in [9.17, 15) is 29.4 Å². The van der Waals surface area contributed by atoms with E-state index in [4.69, 9.17) is 75.8 Å². The smallest absolute Gasteiger partial charge is 0.342 e. The van der Waals surface area contributed by atoms with Crippen LogP contribution in [-0.2, 0) is 56.8 Å². The number of benzene rings is 4. The second-order valence-electron chi connectivity index (χ2n) is 24.5. The highest BCUT2D eigenvalue weighted by Gasteiger charge is 2.47. The molecule has 3 saturated heterocycles. The van der Waals surface area contributed by atoms with Crippen LogP contribution in [0.5, 0.6) is 23.0 Å². The van der Waals surface area contributed by atoms with Gasteiger partial charge in [0.1, 0.15) is 96.2 Å². The molecule has 4 aromatic carbocycles. The first-order valence-corrected chi connectivity index (χ1v) is 31.2. The largest absolute Gasteiger partial charge is 0.491 e. The average Bonchev–Trinajstić information content (AvgIpc) is 1.83. The maximum Gasteiger partial charge on any atom is 0.342 e. The lowest BCUT2D eigenvalue weighted by Gasteiger charge is -2.26. The summed E-state index contributed by atoms with van der Waals surface area (Å²) in [6.45, 7) is 18.1. The van der Waals surface area contributed by atoms with Gasteiger partial charge in [0.15, 0.2) is 30.9 Å². The molecule has 504 valence electrons. The Morgan fingerprint density at radius 2 is 1.01 bits per heavy atom. The van der Waals surface area contributed by atoms with Crippen LogP contribution in [0.2, 0.25) is 0 Å². The van der Waals surface area contributed by atoms with E-state index in [1.54, 1.807) is 119 Å². The summed E-state index contributed by atoms with van der Waals surface area (Å²) < 4.78 is 94.4. The number of rotatable bonds is 17. The fourth-order valence-electron chi connectivity index (χ4n) is 10.7. The van der Waals surface area contributed by atoms with Crippen LogP contribution >= 0.6 is 0 Å². The fourth-order valence-corrected chi connectivity index (χ4v) is 10.7. The minimum Gasteiger partial charge on any atom is -0.491 e. The van der Waals surface area contributed by atoms with Crippen LogP contribution in [0.1, 0.15) is 135 Å². The summed E-state index contributed by atoms with van der Waals surface area (Å²) in [6, 6.07) is 24.0. The third-order valence-electron chi connectivity index (χ3n) is 15.6. The summed E-state index contributed by atoms with van der Waals surface area (Å²) in [6.07, 6.45) is 8.86. The van der Waals surface area contributed by atoms with E-state index in [-0.39, 0.29) is 67.4 Å². The van der Waals surface area contributed by atoms with Crippen molar-refractivity contribution in [2.24, 2.45) is 11.8 Å². The number of methoxy groups -OCH3 is 2. The molecule has 22 nitrogen and oxygen atoms in total. The van der Waals surface area contributed by atoms with Crippen LogP contribution < -0.4 is 18.9 Å². The zero-order chi connectivity index (χ0) is 67.0. The van der Waals surface area contributed by atoms with E-state index in [1.807, 2.05) is 78.0 Å². The van der Waals surface area contributed by atoms with Gasteiger partial charge in [0.2, 0.25) is 0 Å². The highest BCUT2D eigenvalue weighted by Crippen LogP contribution is 2.39. The summed E-state index contributed by atoms with van der Waals surface area (Å²) in [5.74, 6) is -4.13. The Bertz CT molecular complexity index is 3260. The average molecular weight is 1290 g/mol. The summed E-state index contributed by atoms with van der Waals surface area (Å²) >= 11 is 0. The van der Waals surface area contributed by atoms with Crippen molar-refractivity contribution in [2.75, 3.05) is 54.2 Å². The molecule has 0 saturated carbocycles. The van der Waals surface area contributed by atoms with Crippen LogP contribution in [0.25, 0.3) is 12.2 Å². The molecule has 2 N–H and O–H groups in total. The summed E-state index contributed by atoms with van der Waals surface area (Å²) in [5, 5.41) is 19.0. The van der Waals surface area contributed by atoms with Crippen molar-refractivity contribution in [3.05, 3.63) is 155 Å². The molecule has 4 unspecified atom stereocenters. The van der Waals surface area contributed by atoms with Gasteiger partial charge < -0.3 is 86.0 Å². The molecule has 5 heterocycles. The molecule has 12 atom stereocenters. The zero-order valence-corrected chi connectivity index (χ0v) is 54.8. The predicted molar refractivity (Wildman–Crippen MR) is 339 cm³/mol. The van der Waals surface area contributed by atoms with Gasteiger partial charge >= 0.3 is 23.9 Å². The summed E-state index contributed by atoms with van der Waals surface area (Å²) in [5.41, 5.74) is 2.16. The van der Waals surface area contributed by atoms with Gasteiger partial charge in [-0.3, -0.25) is 0 Å². The van der Waals surface area contributed by atoms with Gasteiger partial charge in [-0.05, 0) is 128 Å². The van der Waals surface area contributed by atoms with Gasteiger partial charge in [-0.2, -0.15) is 0 Å². The number of carbonyl (C=O) groups is 4. The third-order valence-corrected chi connectivity index (χ3v) is 15.6. The molecule has 4 aromatic rings. The first-order chi connectivity index (χ1) is 44.3. The van der Waals surface area contributed by atoms with Gasteiger partial charge in [-0.1, -0.05) is 86.7 Å². The maximum atomic E-state index is 13.8. The Hall–Kier alpha value is -7.48. The lowest BCUT2D eigenvalue weighted by molar-refractivity contribution is -0.153.